The van der Waals surface area contributed by atoms with Crippen molar-refractivity contribution in [1.29, 1.82) is 0 Å². The van der Waals surface area contributed by atoms with Gasteiger partial charge in [0.1, 0.15) is 18.2 Å². The fraction of sp³-hybridized carbons (Fsp3) is 0.216. The van der Waals surface area contributed by atoms with Crippen molar-refractivity contribution in [2.45, 2.75) is 49.5 Å². The molecule has 310 valence electrons. The summed E-state index contributed by atoms with van der Waals surface area (Å²) in [6.45, 7) is 5.32. The van der Waals surface area contributed by atoms with Crippen molar-refractivity contribution in [1.82, 2.24) is 5.32 Å². The molecule has 2 amide bonds. The molecular formula is C51H48N2O7S. The molecule has 6 aromatic carbocycles. The lowest BCUT2D eigenvalue weighted by Crippen LogP contribution is -2.51. The number of carbonyl (C=O) groups excluding carboxylic acids is 3. The van der Waals surface area contributed by atoms with Crippen LogP contribution in [0.15, 0.2) is 164 Å². The summed E-state index contributed by atoms with van der Waals surface area (Å²) >= 11 is 1.64. The number of carboxylic acid groups (broad SMARTS) is 1. The lowest BCUT2D eigenvalue weighted by atomic mass is 9.84. The molecule has 61 heavy (non-hydrogen) atoms. The van der Waals surface area contributed by atoms with E-state index in [-0.39, 0.29) is 24.6 Å². The SMILES string of the molecule is CC(C)(C)OC(=O)C[C@H](NC(=O)OCC1c2ccccc2-c2ccccc21)C(=O)N(CCSC(c1ccccc1)(c1ccccc1)c1ccccc1)c1ccc(C(=O)O)cc1. The first kappa shape index (κ1) is 42.5. The van der Waals surface area contributed by atoms with E-state index in [0.717, 1.165) is 38.9 Å². The number of aromatic carboxylic acids is 1. The number of benzene rings is 6. The summed E-state index contributed by atoms with van der Waals surface area (Å²) in [5.74, 6) is -2.23. The summed E-state index contributed by atoms with van der Waals surface area (Å²) in [7, 11) is 0. The van der Waals surface area contributed by atoms with Crippen LogP contribution in [0.3, 0.4) is 0 Å². The fourth-order valence-electron chi connectivity index (χ4n) is 7.93. The van der Waals surface area contributed by atoms with Gasteiger partial charge in [0.15, 0.2) is 0 Å². The number of hydrogen-bond acceptors (Lipinski definition) is 7. The third-order valence-electron chi connectivity index (χ3n) is 10.6. The largest absolute Gasteiger partial charge is 0.478 e. The zero-order valence-corrected chi connectivity index (χ0v) is 35.1. The maximum absolute atomic E-state index is 15.0. The predicted molar refractivity (Wildman–Crippen MR) is 240 cm³/mol. The molecule has 9 nitrogen and oxygen atoms in total. The standard InChI is InChI=1S/C51H48N2O7S/c1-50(2,3)60-46(54)33-45(52-49(58)59-34-44-42-25-15-13-23-40(42)41-24-14-16-26-43(41)44)47(55)53(39-29-27-35(28-30-39)48(56)57)31-32-61-51(36-17-7-4-8-18-36,37-19-9-5-10-20-37)38-21-11-6-12-22-38/h4-30,44-45H,31-34H2,1-3H3,(H,52,58)(H,56,57)/t45-/m0/s1. The highest BCUT2D eigenvalue weighted by atomic mass is 32.2. The van der Waals surface area contributed by atoms with E-state index in [0.29, 0.717) is 11.4 Å². The third kappa shape index (κ3) is 9.71. The number of nitrogens with zero attached hydrogens (tertiary/aromatic N) is 1. The predicted octanol–water partition coefficient (Wildman–Crippen LogP) is 10.1. The van der Waals surface area contributed by atoms with Crippen LogP contribution in [-0.4, -0.2) is 59.6 Å². The average molecular weight is 833 g/mol. The maximum Gasteiger partial charge on any atom is 0.407 e. The van der Waals surface area contributed by atoms with E-state index < -0.39 is 46.7 Å². The monoisotopic (exact) mass is 832 g/mol. The van der Waals surface area contributed by atoms with E-state index in [1.165, 1.54) is 17.0 Å². The van der Waals surface area contributed by atoms with Crippen LogP contribution in [0, 0.1) is 0 Å². The summed E-state index contributed by atoms with van der Waals surface area (Å²) < 4.78 is 10.8. The molecule has 1 aliphatic carbocycles. The number of rotatable bonds is 15. The Balaban J connectivity index is 1.20. The smallest absolute Gasteiger partial charge is 0.407 e. The van der Waals surface area contributed by atoms with Crippen molar-refractivity contribution >= 4 is 41.4 Å². The number of thioether (sulfide) groups is 1. The molecule has 2 N–H and O–H groups in total. The maximum atomic E-state index is 15.0. The molecule has 1 atom stereocenters. The van der Waals surface area contributed by atoms with Gasteiger partial charge in [0.25, 0.3) is 0 Å². The summed E-state index contributed by atoms with van der Waals surface area (Å²) in [4.78, 5) is 55.5. The molecule has 0 aliphatic heterocycles. The van der Waals surface area contributed by atoms with Crippen LogP contribution >= 0.6 is 11.8 Å². The molecule has 1 aliphatic rings. The topological polar surface area (TPSA) is 122 Å². The second kappa shape index (κ2) is 18.7. The van der Waals surface area contributed by atoms with Gasteiger partial charge in [-0.1, -0.05) is 140 Å². The van der Waals surface area contributed by atoms with Crippen LogP contribution in [-0.2, 0) is 23.8 Å². The molecule has 6 aromatic rings. The molecule has 0 spiro atoms. The summed E-state index contributed by atoms with van der Waals surface area (Å²) in [5.41, 5.74) is 6.92. The lowest BCUT2D eigenvalue weighted by molar-refractivity contribution is -0.156. The van der Waals surface area contributed by atoms with Crippen molar-refractivity contribution in [3.8, 4) is 11.1 Å². The van der Waals surface area contributed by atoms with Crippen molar-refractivity contribution in [3.05, 3.63) is 197 Å². The Morgan fingerprint density at radius 3 is 1.62 bits per heavy atom. The number of nitrogens with one attached hydrogen (secondary N) is 1. The van der Waals surface area contributed by atoms with Crippen LogP contribution < -0.4 is 10.2 Å². The van der Waals surface area contributed by atoms with E-state index in [9.17, 15) is 24.3 Å². The number of amides is 2. The van der Waals surface area contributed by atoms with E-state index in [2.05, 4.69) is 41.7 Å². The normalized spacial score (nSPS) is 12.7. The molecule has 0 unspecified atom stereocenters. The first-order chi connectivity index (χ1) is 29.4. The van der Waals surface area contributed by atoms with Crippen LogP contribution in [0.25, 0.3) is 11.1 Å². The zero-order valence-electron chi connectivity index (χ0n) is 34.3. The Hall–Kier alpha value is -6.65. The zero-order chi connectivity index (χ0) is 43.0. The fourth-order valence-corrected chi connectivity index (χ4v) is 9.42. The highest BCUT2D eigenvalue weighted by Gasteiger charge is 2.38. The highest BCUT2D eigenvalue weighted by Crippen LogP contribution is 2.49. The molecule has 0 bridgehead atoms. The van der Waals surface area contributed by atoms with E-state index in [1.54, 1.807) is 44.7 Å². The molecule has 0 heterocycles. The van der Waals surface area contributed by atoms with Crippen molar-refractivity contribution in [3.63, 3.8) is 0 Å². The Kier molecular flexibility index (Phi) is 13.0. The second-order valence-electron chi connectivity index (χ2n) is 15.8. The second-order valence-corrected chi connectivity index (χ2v) is 17.1. The summed E-state index contributed by atoms with van der Waals surface area (Å²) in [6.07, 6.45) is -1.34. The van der Waals surface area contributed by atoms with Gasteiger partial charge in [-0.25, -0.2) is 9.59 Å². The number of ether oxygens (including phenoxy) is 2. The molecule has 0 fully saturated rings. The molecule has 0 aromatic heterocycles. The van der Waals surface area contributed by atoms with Gasteiger partial charge in [-0.2, -0.15) is 0 Å². The van der Waals surface area contributed by atoms with Gasteiger partial charge < -0.3 is 24.8 Å². The van der Waals surface area contributed by atoms with Gasteiger partial charge in [-0.15, -0.1) is 11.8 Å². The quantitative estimate of drug-likeness (QED) is 0.0775. The first-order valence-electron chi connectivity index (χ1n) is 20.2. The molecule has 10 heteroatoms. The Bertz CT molecular complexity index is 2330. The Morgan fingerprint density at radius 2 is 1.15 bits per heavy atom. The van der Waals surface area contributed by atoms with Crippen LogP contribution in [0.1, 0.15) is 71.3 Å². The van der Waals surface area contributed by atoms with Crippen LogP contribution in [0.5, 0.6) is 0 Å². The van der Waals surface area contributed by atoms with Gasteiger partial charge in [-0.05, 0) is 84.0 Å². The third-order valence-corrected chi connectivity index (χ3v) is 12.1. The number of carbonyl (C=O) groups is 4. The number of fused-ring (bicyclic) bond motifs is 3. The number of anilines is 1. The lowest BCUT2D eigenvalue weighted by Gasteiger charge is -2.36. The number of alkyl carbamates (subject to hydrolysis) is 1. The molecule has 7 rings (SSSR count). The highest BCUT2D eigenvalue weighted by molar-refractivity contribution is 8.00. The first-order valence-corrected chi connectivity index (χ1v) is 21.2. The van der Waals surface area contributed by atoms with Crippen molar-refractivity contribution < 1.29 is 33.8 Å². The summed E-state index contributed by atoms with van der Waals surface area (Å²) in [6, 6.07) is 51.1. The van der Waals surface area contributed by atoms with Gasteiger partial charge in [-0.3, -0.25) is 9.59 Å². The van der Waals surface area contributed by atoms with Crippen LogP contribution in [0.2, 0.25) is 0 Å². The Morgan fingerprint density at radius 1 is 0.672 bits per heavy atom. The average Bonchev–Trinajstić information content (AvgIpc) is 3.59. The molecule has 0 radical (unpaired) electrons. The Labute approximate surface area is 360 Å². The van der Waals surface area contributed by atoms with Gasteiger partial charge in [0.2, 0.25) is 5.91 Å². The van der Waals surface area contributed by atoms with Gasteiger partial charge in [0.05, 0.1) is 16.7 Å². The van der Waals surface area contributed by atoms with Gasteiger partial charge >= 0.3 is 18.0 Å². The molecule has 0 saturated carbocycles. The van der Waals surface area contributed by atoms with Gasteiger partial charge in [0, 0.05) is 23.9 Å². The minimum absolute atomic E-state index is 0.00472. The van der Waals surface area contributed by atoms with Crippen LogP contribution in [0.4, 0.5) is 10.5 Å². The van der Waals surface area contributed by atoms with Crippen molar-refractivity contribution in [2.24, 2.45) is 0 Å². The van der Waals surface area contributed by atoms with E-state index in [4.69, 9.17) is 9.47 Å². The summed E-state index contributed by atoms with van der Waals surface area (Å²) in [5, 5.41) is 12.4. The molecule has 0 saturated heterocycles. The molecular weight excluding hydrogens is 785 g/mol. The minimum Gasteiger partial charge on any atom is -0.478 e. The van der Waals surface area contributed by atoms with E-state index in [1.807, 2.05) is 103 Å². The number of hydrogen-bond donors (Lipinski definition) is 2. The number of esters is 1. The number of carboxylic acids is 1. The van der Waals surface area contributed by atoms with E-state index >= 15 is 0 Å². The van der Waals surface area contributed by atoms with Crippen molar-refractivity contribution in [2.75, 3.05) is 23.8 Å². The minimum atomic E-state index is -1.39.